The van der Waals surface area contributed by atoms with Gasteiger partial charge in [0.15, 0.2) is 0 Å². The third-order valence-corrected chi connectivity index (χ3v) is 9.31. The zero-order chi connectivity index (χ0) is 29.5. The van der Waals surface area contributed by atoms with E-state index in [-0.39, 0.29) is 0 Å². The van der Waals surface area contributed by atoms with Crippen LogP contribution in [0.5, 0.6) is 0 Å². The Morgan fingerprint density at radius 2 is 0.689 bits per heavy atom. The molecule has 0 amide bonds. The summed E-state index contributed by atoms with van der Waals surface area (Å²) >= 11 is 0. The lowest BCUT2D eigenvalue weighted by atomic mass is 10.1. The fourth-order valence-corrected chi connectivity index (χ4v) is 7.44. The maximum Gasteiger partial charge on any atom is 0.0645 e. The summed E-state index contributed by atoms with van der Waals surface area (Å²) in [6, 6.07) is 52.7. The van der Waals surface area contributed by atoms with E-state index in [1.807, 2.05) is 18.5 Å². The predicted molar refractivity (Wildman–Crippen MR) is 187 cm³/mol. The third-order valence-electron chi connectivity index (χ3n) is 9.31. The van der Waals surface area contributed by atoms with Gasteiger partial charge in [-0.2, -0.15) is 0 Å². The molecule has 0 unspecified atom stereocenters. The Morgan fingerprint density at radius 3 is 1.11 bits per heavy atom. The lowest BCUT2D eigenvalue weighted by molar-refractivity contribution is 1.14. The number of hydrogen-bond donors (Lipinski definition) is 0. The highest BCUT2D eigenvalue weighted by molar-refractivity contribution is 6.13. The molecule has 210 valence electrons. The smallest absolute Gasteiger partial charge is 0.0645 e. The van der Waals surface area contributed by atoms with Gasteiger partial charge in [0.25, 0.3) is 0 Å². The zero-order valence-electron chi connectivity index (χ0n) is 24.3. The van der Waals surface area contributed by atoms with E-state index in [1.165, 1.54) is 65.4 Å². The molecule has 0 aliphatic heterocycles. The Labute approximate surface area is 258 Å². The number of hydrogen-bond acceptors (Lipinski definition) is 1. The van der Waals surface area contributed by atoms with Crippen LogP contribution in [0, 0.1) is 0 Å². The normalized spacial score (nSPS) is 12.0. The largest absolute Gasteiger partial charge is 0.309 e. The van der Waals surface area contributed by atoms with E-state index in [0.717, 1.165) is 17.1 Å². The molecule has 4 heteroatoms. The summed E-state index contributed by atoms with van der Waals surface area (Å²) in [6.45, 7) is 0. The number of rotatable bonds is 3. The van der Waals surface area contributed by atoms with Crippen molar-refractivity contribution < 1.29 is 0 Å². The van der Waals surface area contributed by atoms with Crippen molar-refractivity contribution in [3.63, 3.8) is 0 Å². The Bertz CT molecular complexity index is 2710. The van der Waals surface area contributed by atoms with Gasteiger partial charge in [-0.1, -0.05) is 72.8 Å². The maximum absolute atomic E-state index is 4.41. The van der Waals surface area contributed by atoms with Crippen LogP contribution in [0.15, 0.2) is 158 Å². The van der Waals surface area contributed by atoms with Crippen molar-refractivity contribution >= 4 is 65.4 Å². The Morgan fingerprint density at radius 1 is 0.311 bits per heavy atom. The van der Waals surface area contributed by atoms with Crippen molar-refractivity contribution in [1.29, 1.82) is 0 Å². The molecule has 4 aromatic heterocycles. The monoisotopic (exact) mass is 574 g/mol. The molecule has 0 saturated heterocycles. The van der Waals surface area contributed by atoms with E-state index in [2.05, 4.69) is 158 Å². The van der Waals surface area contributed by atoms with E-state index >= 15 is 0 Å². The summed E-state index contributed by atoms with van der Waals surface area (Å²) in [7, 11) is 0. The minimum absolute atomic E-state index is 1.06. The highest BCUT2D eigenvalue weighted by Gasteiger charge is 2.18. The Kier molecular flexibility index (Phi) is 4.96. The topological polar surface area (TPSA) is 27.7 Å². The summed E-state index contributed by atoms with van der Waals surface area (Å²) in [5.74, 6) is 0. The molecular weight excluding hydrogens is 548 g/mol. The van der Waals surface area contributed by atoms with Gasteiger partial charge in [-0.05, 0) is 72.8 Å². The van der Waals surface area contributed by atoms with Crippen LogP contribution in [-0.4, -0.2) is 18.7 Å². The van der Waals surface area contributed by atoms with Crippen molar-refractivity contribution in [2.75, 3.05) is 0 Å². The van der Waals surface area contributed by atoms with E-state index in [9.17, 15) is 0 Å². The first-order valence-electron chi connectivity index (χ1n) is 15.3. The lowest BCUT2D eigenvalue weighted by Gasteiger charge is -2.11. The Hall–Kier alpha value is -6.13. The quantitative estimate of drug-likeness (QED) is 0.206. The fourth-order valence-electron chi connectivity index (χ4n) is 7.44. The SMILES string of the molecule is c1cncc(-n2c3ccccc3c3cc(-n4c5ccccc5c5cc(-n6c7ccccc7c7ccccc76)ccc54)ccc32)c1. The zero-order valence-corrected chi connectivity index (χ0v) is 24.3. The molecule has 0 radical (unpaired) electrons. The molecule has 4 heterocycles. The third kappa shape index (κ3) is 3.39. The van der Waals surface area contributed by atoms with Crippen molar-refractivity contribution in [2.24, 2.45) is 0 Å². The second-order valence-corrected chi connectivity index (χ2v) is 11.7. The first-order valence-corrected chi connectivity index (χ1v) is 15.3. The lowest BCUT2D eigenvalue weighted by Crippen LogP contribution is -1.96. The van der Waals surface area contributed by atoms with Crippen LogP contribution in [-0.2, 0) is 0 Å². The first kappa shape index (κ1) is 24.3. The maximum atomic E-state index is 4.41. The van der Waals surface area contributed by atoms with Gasteiger partial charge in [0.1, 0.15) is 0 Å². The van der Waals surface area contributed by atoms with Crippen molar-refractivity contribution in [2.45, 2.75) is 0 Å². The van der Waals surface area contributed by atoms with Crippen LogP contribution in [0.4, 0.5) is 0 Å². The van der Waals surface area contributed by atoms with Gasteiger partial charge >= 0.3 is 0 Å². The van der Waals surface area contributed by atoms with Crippen molar-refractivity contribution in [3.8, 4) is 17.1 Å². The number of nitrogens with zero attached hydrogens (tertiary/aromatic N) is 4. The van der Waals surface area contributed by atoms with E-state index in [1.54, 1.807) is 0 Å². The highest BCUT2D eigenvalue weighted by atomic mass is 15.0. The first-order chi connectivity index (χ1) is 22.3. The molecule has 0 fully saturated rings. The summed E-state index contributed by atoms with van der Waals surface area (Å²) in [6.07, 6.45) is 3.76. The van der Waals surface area contributed by atoms with Gasteiger partial charge < -0.3 is 13.7 Å². The van der Waals surface area contributed by atoms with Gasteiger partial charge in [-0.3, -0.25) is 4.98 Å². The van der Waals surface area contributed by atoms with Gasteiger partial charge in [0, 0.05) is 49.9 Å². The number of aromatic nitrogens is 4. The van der Waals surface area contributed by atoms with E-state index in [0.29, 0.717) is 0 Å². The molecular formula is C41H26N4. The van der Waals surface area contributed by atoms with E-state index in [4.69, 9.17) is 0 Å². The Balaban J connectivity index is 1.24. The van der Waals surface area contributed by atoms with Crippen LogP contribution in [0.2, 0.25) is 0 Å². The molecule has 6 aromatic carbocycles. The van der Waals surface area contributed by atoms with Crippen LogP contribution in [0.1, 0.15) is 0 Å². The minimum Gasteiger partial charge on any atom is -0.309 e. The summed E-state index contributed by atoms with van der Waals surface area (Å²) in [5.41, 5.74) is 10.5. The molecule has 0 aliphatic rings. The molecule has 10 rings (SSSR count). The molecule has 0 bridgehead atoms. The average Bonchev–Trinajstić information content (AvgIpc) is 3.74. The fraction of sp³-hybridized carbons (Fsp3) is 0. The van der Waals surface area contributed by atoms with Gasteiger partial charge in [0.05, 0.1) is 45.0 Å². The molecule has 0 N–H and O–H groups in total. The van der Waals surface area contributed by atoms with Gasteiger partial charge in [-0.15, -0.1) is 0 Å². The highest BCUT2D eigenvalue weighted by Crippen LogP contribution is 2.39. The second kappa shape index (κ2) is 9.18. The number of pyridine rings is 1. The molecule has 0 saturated carbocycles. The molecule has 10 aromatic rings. The van der Waals surface area contributed by atoms with Crippen molar-refractivity contribution in [3.05, 3.63) is 158 Å². The van der Waals surface area contributed by atoms with Crippen molar-refractivity contribution in [1.82, 2.24) is 18.7 Å². The summed E-state index contributed by atoms with van der Waals surface area (Å²) in [5, 5.41) is 7.48. The molecule has 45 heavy (non-hydrogen) atoms. The molecule has 0 aliphatic carbocycles. The summed E-state index contributed by atoms with van der Waals surface area (Å²) < 4.78 is 7.12. The predicted octanol–water partition coefficient (Wildman–Crippen LogP) is 10.4. The van der Waals surface area contributed by atoms with Gasteiger partial charge in [-0.25, -0.2) is 0 Å². The number of para-hydroxylation sites is 4. The number of fused-ring (bicyclic) bond motifs is 9. The number of benzene rings is 6. The molecule has 0 atom stereocenters. The molecule has 4 nitrogen and oxygen atoms in total. The van der Waals surface area contributed by atoms with Crippen LogP contribution < -0.4 is 0 Å². The minimum atomic E-state index is 1.06. The second-order valence-electron chi connectivity index (χ2n) is 11.7. The van der Waals surface area contributed by atoms with Crippen LogP contribution in [0.3, 0.4) is 0 Å². The van der Waals surface area contributed by atoms with Gasteiger partial charge in [0.2, 0.25) is 0 Å². The summed E-state index contributed by atoms with van der Waals surface area (Å²) in [4.78, 5) is 4.41. The van der Waals surface area contributed by atoms with Crippen LogP contribution >= 0.6 is 0 Å². The van der Waals surface area contributed by atoms with Crippen LogP contribution in [0.25, 0.3) is 82.5 Å². The van der Waals surface area contributed by atoms with E-state index < -0.39 is 0 Å². The molecule has 0 spiro atoms. The average molecular weight is 575 g/mol. The standard InChI is InChI=1S/C41H26N4/c1-5-15-36-30(11-1)31-12-2-6-16-37(31)43(36)27-19-21-40-34(24-27)32-13-3-7-17-38(32)44(40)28-20-22-41-35(25-28)33-14-4-8-18-39(33)45(41)29-10-9-23-42-26-29/h1-26H.